The highest BCUT2D eigenvalue weighted by atomic mass is 19.3. The molecule has 0 bridgehead atoms. The van der Waals surface area contributed by atoms with Crippen LogP contribution in [0.4, 0.5) is 13.2 Å². The molecule has 0 spiro atoms. The first-order valence-corrected chi connectivity index (χ1v) is 3.98. The second kappa shape index (κ2) is 4.64. The first kappa shape index (κ1) is 11.3. The quantitative estimate of drug-likeness (QED) is 0.728. The number of hydrogen-bond acceptors (Lipinski definition) is 3. The van der Waals surface area contributed by atoms with Crippen molar-refractivity contribution in [1.82, 2.24) is 4.98 Å². The molecule has 0 amide bonds. The molecule has 0 saturated heterocycles. The molecule has 0 aliphatic heterocycles. The van der Waals surface area contributed by atoms with Gasteiger partial charge in [0, 0.05) is 6.07 Å². The number of halogens is 3. The Morgan fingerprint density at radius 3 is 2.73 bits per heavy atom. The maximum atomic E-state index is 13.2. The largest absolute Gasteiger partial charge is 0.496 e. The molecule has 3 nitrogen and oxygen atoms in total. The molecule has 1 heterocycles. The molecule has 0 atom stereocenters. The predicted molar refractivity (Wildman–Crippen MR) is 45.0 cm³/mol. The second-order valence-electron chi connectivity index (χ2n) is 2.65. The SMILES string of the molecule is COc1cc(C(F)F)nc(F)c1CC#N. The number of rotatable bonds is 3. The molecule has 0 saturated carbocycles. The van der Waals surface area contributed by atoms with Gasteiger partial charge in [-0.05, 0) is 0 Å². The fraction of sp³-hybridized carbons (Fsp3) is 0.333. The summed E-state index contributed by atoms with van der Waals surface area (Å²) < 4.78 is 42.3. The van der Waals surface area contributed by atoms with Crippen LogP contribution in [0.5, 0.6) is 5.75 Å². The summed E-state index contributed by atoms with van der Waals surface area (Å²) in [5.41, 5.74) is -0.810. The number of aromatic nitrogens is 1. The normalized spacial score (nSPS) is 10.1. The fourth-order valence-electron chi connectivity index (χ4n) is 1.07. The molecule has 0 fully saturated rings. The van der Waals surface area contributed by atoms with Crippen LogP contribution in [-0.2, 0) is 6.42 Å². The Morgan fingerprint density at radius 2 is 2.27 bits per heavy atom. The van der Waals surface area contributed by atoms with Crippen molar-refractivity contribution in [3.63, 3.8) is 0 Å². The molecular formula is C9H7F3N2O. The van der Waals surface area contributed by atoms with Gasteiger partial charge >= 0.3 is 0 Å². The van der Waals surface area contributed by atoms with Crippen LogP contribution in [0.3, 0.4) is 0 Å². The van der Waals surface area contributed by atoms with Crippen LogP contribution in [0.2, 0.25) is 0 Å². The van der Waals surface area contributed by atoms with Gasteiger partial charge in [0.1, 0.15) is 11.4 Å². The molecule has 0 N–H and O–H groups in total. The average molecular weight is 216 g/mol. The van der Waals surface area contributed by atoms with E-state index in [2.05, 4.69) is 4.98 Å². The van der Waals surface area contributed by atoms with E-state index in [1.54, 1.807) is 6.07 Å². The Hall–Kier alpha value is -1.77. The number of nitriles is 1. The molecule has 6 heteroatoms. The van der Waals surface area contributed by atoms with Crippen LogP contribution in [0.25, 0.3) is 0 Å². The lowest BCUT2D eigenvalue weighted by molar-refractivity contribution is 0.144. The van der Waals surface area contributed by atoms with Gasteiger partial charge < -0.3 is 4.74 Å². The number of hydrogen-bond donors (Lipinski definition) is 0. The zero-order valence-electron chi connectivity index (χ0n) is 7.80. The number of alkyl halides is 2. The minimum Gasteiger partial charge on any atom is -0.496 e. The van der Waals surface area contributed by atoms with Gasteiger partial charge in [0.15, 0.2) is 0 Å². The molecular weight excluding hydrogens is 209 g/mol. The van der Waals surface area contributed by atoms with Crippen molar-refractivity contribution in [3.05, 3.63) is 23.3 Å². The van der Waals surface area contributed by atoms with E-state index >= 15 is 0 Å². The van der Waals surface area contributed by atoms with E-state index in [1.807, 2.05) is 0 Å². The first-order valence-electron chi connectivity index (χ1n) is 3.98. The van der Waals surface area contributed by atoms with E-state index in [-0.39, 0.29) is 17.7 Å². The topological polar surface area (TPSA) is 45.9 Å². The van der Waals surface area contributed by atoms with Crippen LogP contribution in [-0.4, -0.2) is 12.1 Å². The number of ether oxygens (including phenoxy) is 1. The molecule has 1 aromatic rings. The Labute approximate surface area is 84.1 Å². The lowest BCUT2D eigenvalue weighted by Gasteiger charge is -2.08. The summed E-state index contributed by atoms with van der Waals surface area (Å²) in [6.07, 6.45) is -3.14. The third-order valence-electron chi connectivity index (χ3n) is 1.75. The summed E-state index contributed by atoms with van der Waals surface area (Å²) in [6, 6.07) is 2.63. The standard InChI is InChI=1S/C9H7F3N2O/c1-15-7-4-6(8(10)11)14-9(12)5(7)2-3-13/h4,8H,2H2,1H3. The minimum absolute atomic E-state index is 0.0839. The number of methoxy groups -OCH3 is 1. The van der Waals surface area contributed by atoms with E-state index in [0.29, 0.717) is 0 Å². The minimum atomic E-state index is -2.87. The van der Waals surface area contributed by atoms with Crippen LogP contribution < -0.4 is 4.74 Å². The molecule has 15 heavy (non-hydrogen) atoms. The van der Waals surface area contributed by atoms with Gasteiger partial charge in [-0.25, -0.2) is 13.8 Å². The summed E-state index contributed by atoms with van der Waals surface area (Å²) in [7, 11) is 1.21. The van der Waals surface area contributed by atoms with Crippen molar-refractivity contribution in [2.24, 2.45) is 0 Å². The van der Waals surface area contributed by atoms with Gasteiger partial charge in [0.05, 0.1) is 25.2 Å². The van der Waals surface area contributed by atoms with Crippen molar-refractivity contribution in [2.45, 2.75) is 12.8 Å². The van der Waals surface area contributed by atoms with Gasteiger partial charge in [0.2, 0.25) is 5.95 Å². The van der Waals surface area contributed by atoms with E-state index in [1.165, 1.54) is 7.11 Å². The summed E-state index contributed by atoms with van der Waals surface area (Å²) in [5.74, 6) is -1.18. The Morgan fingerprint density at radius 1 is 1.60 bits per heavy atom. The van der Waals surface area contributed by atoms with Crippen LogP contribution in [0.15, 0.2) is 6.07 Å². The van der Waals surface area contributed by atoms with E-state index in [9.17, 15) is 13.2 Å². The zero-order valence-corrected chi connectivity index (χ0v) is 7.80. The summed E-state index contributed by atoms with van der Waals surface area (Å²) in [5, 5.41) is 8.39. The Bertz CT molecular complexity index is 401. The lowest BCUT2D eigenvalue weighted by atomic mass is 10.2. The molecule has 1 aromatic heterocycles. The van der Waals surface area contributed by atoms with Gasteiger partial charge in [-0.3, -0.25) is 0 Å². The van der Waals surface area contributed by atoms with Crippen molar-refractivity contribution >= 4 is 0 Å². The van der Waals surface area contributed by atoms with Crippen LogP contribution in [0, 0.1) is 17.3 Å². The van der Waals surface area contributed by atoms with Gasteiger partial charge in [0.25, 0.3) is 6.43 Å². The highest BCUT2D eigenvalue weighted by Crippen LogP contribution is 2.26. The third kappa shape index (κ3) is 2.37. The van der Waals surface area contributed by atoms with Crippen molar-refractivity contribution < 1.29 is 17.9 Å². The highest BCUT2D eigenvalue weighted by Gasteiger charge is 2.17. The van der Waals surface area contributed by atoms with E-state index < -0.39 is 18.1 Å². The Kier molecular flexibility index (Phi) is 3.50. The van der Waals surface area contributed by atoms with Gasteiger partial charge in [-0.15, -0.1) is 0 Å². The maximum Gasteiger partial charge on any atom is 0.280 e. The molecule has 0 unspecified atom stereocenters. The van der Waals surface area contributed by atoms with Crippen molar-refractivity contribution in [2.75, 3.05) is 7.11 Å². The Balaban J connectivity index is 3.25. The summed E-state index contributed by atoms with van der Waals surface area (Å²) in [4.78, 5) is 3.05. The average Bonchev–Trinajstić information content (AvgIpc) is 2.20. The smallest absolute Gasteiger partial charge is 0.280 e. The number of nitrogens with zero attached hydrogens (tertiary/aromatic N) is 2. The molecule has 0 aliphatic rings. The third-order valence-corrected chi connectivity index (χ3v) is 1.75. The van der Waals surface area contributed by atoms with Crippen LogP contribution in [0.1, 0.15) is 17.7 Å². The van der Waals surface area contributed by atoms with E-state index in [4.69, 9.17) is 10.00 Å². The molecule has 0 aliphatic carbocycles. The maximum absolute atomic E-state index is 13.2. The molecule has 80 valence electrons. The molecule has 1 rings (SSSR count). The summed E-state index contributed by atoms with van der Waals surface area (Å²) in [6.45, 7) is 0. The second-order valence-corrected chi connectivity index (χ2v) is 2.65. The van der Waals surface area contributed by atoms with E-state index in [0.717, 1.165) is 6.07 Å². The first-order chi connectivity index (χ1) is 7.10. The predicted octanol–water partition coefficient (Wildman–Crippen LogP) is 2.23. The van der Waals surface area contributed by atoms with Gasteiger partial charge in [-0.2, -0.15) is 9.65 Å². The molecule has 0 radical (unpaired) electrons. The lowest BCUT2D eigenvalue weighted by Crippen LogP contribution is -2.02. The monoisotopic (exact) mass is 216 g/mol. The fourth-order valence-corrected chi connectivity index (χ4v) is 1.07. The zero-order chi connectivity index (χ0) is 11.4. The molecule has 0 aromatic carbocycles. The highest BCUT2D eigenvalue weighted by molar-refractivity contribution is 5.36. The summed E-state index contributed by atoms with van der Waals surface area (Å²) >= 11 is 0. The number of pyridine rings is 1. The van der Waals surface area contributed by atoms with Gasteiger partial charge in [-0.1, -0.05) is 0 Å². The van der Waals surface area contributed by atoms with Crippen LogP contribution >= 0.6 is 0 Å². The van der Waals surface area contributed by atoms with Crippen molar-refractivity contribution in [3.8, 4) is 11.8 Å². The van der Waals surface area contributed by atoms with Crippen molar-refractivity contribution in [1.29, 1.82) is 5.26 Å².